The van der Waals surface area contributed by atoms with Crippen molar-refractivity contribution >= 4 is 11.6 Å². The molecule has 27 heavy (non-hydrogen) atoms. The summed E-state index contributed by atoms with van der Waals surface area (Å²) in [6.45, 7) is 6.87. The van der Waals surface area contributed by atoms with Crippen LogP contribution in [-0.2, 0) is 6.42 Å². The molecule has 4 rings (SSSR count). The van der Waals surface area contributed by atoms with Gasteiger partial charge in [-0.3, -0.25) is 14.7 Å². The quantitative estimate of drug-likeness (QED) is 0.763. The Hall–Kier alpha value is -2.90. The van der Waals surface area contributed by atoms with Crippen molar-refractivity contribution in [2.24, 2.45) is 0 Å². The van der Waals surface area contributed by atoms with Crippen LogP contribution in [0.25, 0.3) is 5.65 Å². The van der Waals surface area contributed by atoms with E-state index in [1.807, 2.05) is 19.9 Å². The molecule has 1 unspecified atom stereocenters. The molecular weight excluding hydrogens is 346 g/mol. The summed E-state index contributed by atoms with van der Waals surface area (Å²) in [5, 5.41) is 7.00. The van der Waals surface area contributed by atoms with E-state index in [0.29, 0.717) is 30.9 Å². The fourth-order valence-electron chi connectivity index (χ4n) is 3.84. The van der Waals surface area contributed by atoms with Crippen molar-refractivity contribution in [3.05, 3.63) is 50.9 Å². The van der Waals surface area contributed by atoms with Crippen LogP contribution in [0.3, 0.4) is 0 Å². The van der Waals surface area contributed by atoms with E-state index in [0.717, 1.165) is 29.8 Å². The van der Waals surface area contributed by atoms with Crippen LogP contribution in [0.1, 0.15) is 58.9 Å². The van der Waals surface area contributed by atoms with Gasteiger partial charge < -0.3 is 9.42 Å². The number of amides is 1. The normalized spacial score (nSPS) is 17.6. The molecule has 0 saturated carbocycles. The van der Waals surface area contributed by atoms with Gasteiger partial charge in [-0.05, 0) is 33.1 Å². The number of likely N-dealkylation sites (tertiary alicyclic amines) is 1. The number of aromatic amines is 1. The Balaban J connectivity index is 1.62. The minimum atomic E-state index is -0.143. The van der Waals surface area contributed by atoms with Gasteiger partial charge in [-0.2, -0.15) is 0 Å². The van der Waals surface area contributed by atoms with Gasteiger partial charge in [0.15, 0.2) is 5.65 Å². The topological polar surface area (TPSA) is 96.5 Å². The summed E-state index contributed by atoms with van der Waals surface area (Å²) in [7, 11) is 0. The summed E-state index contributed by atoms with van der Waals surface area (Å²) in [5.41, 5.74) is 3.69. The Labute approximate surface area is 156 Å². The Morgan fingerprint density at radius 2 is 2.19 bits per heavy atom. The molecule has 0 aliphatic carbocycles. The number of aromatic nitrogens is 4. The zero-order valence-electron chi connectivity index (χ0n) is 15.8. The number of piperidine rings is 1. The molecule has 1 aliphatic rings. The molecule has 0 radical (unpaired) electrons. The first kappa shape index (κ1) is 17.5. The van der Waals surface area contributed by atoms with Crippen LogP contribution >= 0.6 is 0 Å². The Kier molecular flexibility index (Phi) is 4.33. The molecule has 1 fully saturated rings. The highest BCUT2D eigenvalue weighted by Crippen LogP contribution is 2.27. The van der Waals surface area contributed by atoms with Gasteiger partial charge in [0.05, 0.1) is 5.69 Å². The van der Waals surface area contributed by atoms with Crippen LogP contribution in [0.4, 0.5) is 0 Å². The predicted molar refractivity (Wildman–Crippen MR) is 99.0 cm³/mol. The number of carbonyl (C=O) groups is 1. The van der Waals surface area contributed by atoms with Gasteiger partial charge in [0, 0.05) is 48.1 Å². The molecule has 1 amide bonds. The van der Waals surface area contributed by atoms with Crippen LogP contribution in [0.5, 0.6) is 0 Å². The third-order valence-corrected chi connectivity index (χ3v) is 5.28. The lowest BCUT2D eigenvalue weighted by atomic mass is 9.94. The molecule has 3 aromatic heterocycles. The predicted octanol–water partition coefficient (Wildman–Crippen LogP) is 2.21. The van der Waals surface area contributed by atoms with Crippen molar-refractivity contribution in [3.8, 4) is 0 Å². The number of aryl methyl sites for hydroxylation is 2. The zero-order chi connectivity index (χ0) is 19.1. The van der Waals surface area contributed by atoms with Crippen molar-refractivity contribution in [3.63, 3.8) is 0 Å². The van der Waals surface area contributed by atoms with Gasteiger partial charge in [0.2, 0.25) is 5.76 Å². The number of hydrogen-bond donors (Lipinski definition) is 1. The maximum Gasteiger partial charge on any atom is 0.292 e. The van der Waals surface area contributed by atoms with Gasteiger partial charge in [-0.1, -0.05) is 12.1 Å². The van der Waals surface area contributed by atoms with E-state index in [1.165, 1.54) is 4.52 Å². The number of fused-ring (bicyclic) bond motifs is 1. The molecule has 142 valence electrons. The van der Waals surface area contributed by atoms with Crippen molar-refractivity contribution in [2.45, 2.75) is 46.0 Å². The lowest BCUT2D eigenvalue weighted by molar-refractivity contribution is 0.0663. The fourth-order valence-corrected chi connectivity index (χ4v) is 3.84. The van der Waals surface area contributed by atoms with Crippen molar-refractivity contribution < 1.29 is 9.32 Å². The Morgan fingerprint density at radius 1 is 1.37 bits per heavy atom. The number of rotatable bonds is 3. The second kappa shape index (κ2) is 6.68. The van der Waals surface area contributed by atoms with Gasteiger partial charge in [-0.15, -0.1) is 0 Å². The maximum absolute atomic E-state index is 12.7. The zero-order valence-corrected chi connectivity index (χ0v) is 15.8. The number of H-pyrrole nitrogens is 1. The summed E-state index contributed by atoms with van der Waals surface area (Å²) in [5.74, 6) is 0.250. The van der Waals surface area contributed by atoms with E-state index < -0.39 is 0 Å². The van der Waals surface area contributed by atoms with Crippen LogP contribution < -0.4 is 5.56 Å². The smallest absolute Gasteiger partial charge is 0.292 e. The Bertz CT molecular complexity index is 1060. The first-order valence-corrected chi connectivity index (χ1v) is 9.31. The average molecular weight is 369 g/mol. The number of nitrogens with zero attached hydrogens (tertiary/aromatic N) is 4. The highest BCUT2D eigenvalue weighted by Gasteiger charge is 2.28. The number of hydrogen-bond acceptors (Lipinski definition) is 5. The first-order chi connectivity index (χ1) is 13.0. The fraction of sp³-hybridized carbons (Fsp3) is 0.474. The molecule has 0 spiro atoms. The van der Waals surface area contributed by atoms with Crippen molar-refractivity contribution in [2.75, 3.05) is 13.1 Å². The molecule has 8 nitrogen and oxygen atoms in total. The number of carbonyl (C=O) groups excluding carboxylic acids is 1. The SMILES string of the molecule is CCc1c(C)nc2cc(C3CCCN(C(=O)c4cc(C)no4)C3)[nH]n2c1=O. The molecular formula is C19H23N5O3. The lowest BCUT2D eigenvalue weighted by Crippen LogP contribution is -2.39. The van der Waals surface area contributed by atoms with Crippen LogP contribution in [0.15, 0.2) is 21.5 Å². The highest BCUT2D eigenvalue weighted by molar-refractivity contribution is 5.91. The highest BCUT2D eigenvalue weighted by atomic mass is 16.5. The van der Waals surface area contributed by atoms with E-state index >= 15 is 0 Å². The standard InChI is InChI=1S/C19H23N5O3/c1-4-14-12(3)20-17-9-15(21-24(17)18(14)25)13-6-5-7-23(10-13)19(26)16-8-11(2)22-27-16/h8-9,13,21H,4-7,10H2,1-3H3. The van der Waals surface area contributed by atoms with Gasteiger partial charge >= 0.3 is 0 Å². The lowest BCUT2D eigenvalue weighted by Gasteiger charge is -2.31. The molecule has 3 aromatic rings. The summed E-state index contributed by atoms with van der Waals surface area (Å²) in [6, 6.07) is 3.58. The molecule has 8 heteroatoms. The minimum absolute atomic E-state index is 0.0490. The summed E-state index contributed by atoms with van der Waals surface area (Å²) in [4.78, 5) is 31.6. The Morgan fingerprint density at radius 3 is 2.89 bits per heavy atom. The van der Waals surface area contributed by atoms with Crippen molar-refractivity contribution in [1.82, 2.24) is 24.7 Å². The summed E-state index contributed by atoms with van der Waals surface area (Å²) in [6.07, 6.45) is 2.48. The van der Waals surface area contributed by atoms with E-state index in [2.05, 4.69) is 15.2 Å². The van der Waals surface area contributed by atoms with Crippen LogP contribution in [0, 0.1) is 13.8 Å². The van der Waals surface area contributed by atoms with E-state index in [4.69, 9.17) is 4.52 Å². The third-order valence-electron chi connectivity index (χ3n) is 5.28. The second-order valence-electron chi connectivity index (χ2n) is 7.16. The first-order valence-electron chi connectivity index (χ1n) is 9.31. The third kappa shape index (κ3) is 3.05. The van der Waals surface area contributed by atoms with Gasteiger partial charge in [0.1, 0.15) is 0 Å². The van der Waals surface area contributed by atoms with Crippen LogP contribution in [-0.4, -0.2) is 43.7 Å². The molecule has 1 N–H and O–H groups in total. The number of nitrogens with one attached hydrogen (secondary N) is 1. The molecule has 0 aromatic carbocycles. The molecule has 1 atom stereocenters. The van der Waals surface area contributed by atoms with E-state index in [1.54, 1.807) is 17.9 Å². The average Bonchev–Trinajstić information content (AvgIpc) is 3.28. The molecule has 1 saturated heterocycles. The monoisotopic (exact) mass is 369 g/mol. The molecule has 0 bridgehead atoms. The van der Waals surface area contributed by atoms with Crippen molar-refractivity contribution in [1.29, 1.82) is 0 Å². The maximum atomic E-state index is 12.7. The molecule has 1 aliphatic heterocycles. The summed E-state index contributed by atoms with van der Waals surface area (Å²) >= 11 is 0. The summed E-state index contributed by atoms with van der Waals surface area (Å²) < 4.78 is 6.63. The largest absolute Gasteiger partial charge is 0.351 e. The minimum Gasteiger partial charge on any atom is -0.351 e. The van der Waals surface area contributed by atoms with Gasteiger partial charge in [0.25, 0.3) is 11.5 Å². The molecule has 4 heterocycles. The van der Waals surface area contributed by atoms with Crippen LogP contribution in [0.2, 0.25) is 0 Å². The van der Waals surface area contributed by atoms with Gasteiger partial charge in [-0.25, -0.2) is 9.50 Å². The second-order valence-corrected chi connectivity index (χ2v) is 7.16. The van der Waals surface area contributed by atoms with E-state index in [9.17, 15) is 9.59 Å². The van der Waals surface area contributed by atoms with E-state index in [-0.39, 0.29) is 23.1 Å².